The number of nitrogen functional groups attached to an aromatic ring is 1. The van der Waals surface area contributed by atoms with Gasteiger partial charge in [0.2, 0.25) is 0 Å². The Kier molecular flexibility index (Phi) is 4.97. The van der Waals surface area contributed by atoms with Crippen molar-refractivity contribution in [1.29, 1.82) is 0 Å². The highest BCUT2D eigenvalue weighted by atomic mass is 16.6. The van der Waals surface area contributed by atoms with E-state index >= 15 is 0 Å². The lowest BCUT2D eigenvalue weighted by Crippen LogP contribution is -2.20. The van der Waals surface area contributed by atoms with Gasteiger partial charge in [-0.2, -0.15) is 0 Å². The Morgan fingerprint density at radius 1 is 1.47 bits per heavy atom. The Hall–Kier alpha value is -1.55. The molecule has 1 rings (SSSR count). The molecule has 0 aliphatic rings. The van der Waals surface area contributed by atoms with Gasteiger partial charge >= 0.3 is 5.97 Å². The number of benzene rings is 1. The van der Waals surface area contributed by atoms with Crippen LogP contribution < -0.4 is 5.73 Å². The summed E-state index contributed by atoms with van der Waals surface area (Å²) in [6.45, 7) is 6.60. The summed E-state index contributed by atoms with van der Waals surface area (Å²) in [4.78, 5) is 11.7. The van der Waals surface area contributed by atoms with Gasteiger partial charge in [0.05, 0.1) is 12.2 Å². The maximum absolute atomic E-state index is 11.7. The zero-order valence-corrected chi connectivity index (χ0v) is 10.5. The largest absolute Gasteiger partial charge is 0.457 e. The maximum atomic E-state index is 11.7. The van der Waals surface area contributed by atoms with Crippen LogP contribution in [0.15, 0.2) is 18.2 Å². The van der Waals surface area contributed by atoms with Crippen LogP contribution in [0.3, 0.4) is 0 Å². The highest BCUT2D eigenvalue weighted by molar-refractivity contribution is 5.90. The maximum Gasteiger partial charge on any atom is 0.338 e. The Morgan fingerprint density at radius 3 is 2.76 bits per heavy atom. The van der Waals surface area contributed by atoms with Crippen LogP contribution in [0.2, 0.25) is 0 Å². The Morgan fingerprint density at radius 2 is 2.18 bits per heavy atom. The lowest BCUT2D eigenvalue weighted by atomic mass is 10.1. The molecule has 1 atom stereocenters. The Balaban J connectivity index is 2.60. The minimum Gasteiger partial charge on any atom is -0.457 e. The van der Waals surface area contributed by atoms with Gasteiger partial charge in [-0.15, -0.1) is 0 Å². The molecule has 0 heterocycles. The van der Waals surface area contributed by atoms with Crippen LogP contribution in [0.1, 0.15) is 29.8 Å². The summed E-state index contributed by atoms with van der Waals surface area (Å²) >= 11 is 0. The summed E-state index contributed by atoms with van der Waals surface area (Å²) in [5, 5.41) is 0. The molecule has 2 N–H and O–H groups in total. The van der Waals surface area contributed by atoms with Gasteiger partial charge in [0.1, 0.15) is 6.10 Å². The van der Waals surface area contributed by atoms with Crippen LogP contribution >= 0.6 is 0 Å². The molecule has 17 heavy (non-hydrogen) atoms. The minimum absolute atomic E-state index is 0.259. The van der Waals surface area contributed by atoms with Crippen molar-refractivity contribution in [2.45, 2.75) is 26.9 Å². The third kappa shape index (κ3) is 4.07. The van der Waals surface area contributed by atoms with Crippen molar-refractivity contribution in [3.05, 3.63) is 29.3 Å². The lowest BCUT2D eigenvalue weighted by molar-refractivity contribution is 0.00440. The Labute approximate surface area is 102 Å². The molecule has 4 nitrogen and oxygen atoms in total. The minimum atomic E-state index is -0.371. The molecule has 94 valence electrons. The zero-order chi connectivity index (χ0) is 12.8. The lowest BCUT2D eigenvalue weighted by Gasteiger charge is -2.13. The van der Waals surface area contributed by atoms with Gasteiger partial charge in [0.25, 0.3) is 0 Å². The molecular formula is C13H19NO3. The van der Waals surface area contributed by atoms with Crippen LogP contribution in [-0.4, -0.2) is 25.3 Å². The molecule has 0 aliphatic heterocycles. The number of ether oxygens (including phenoxy) is 2. The van der Waals surface area contributed by atoms with Crippen LogP contribution in [-0.2, 0) is 9.47 Å². The fourth-order valence-electron chi connectivity index (χ4n) is 1.34. The summed E-state index contributed by atoms with van der Waals surface area (Å²) in [6, 6.07) is 5.14. The van der Waals surface area contributed by atoms with Gasteiger partial charge < -0.3 is 15.2 Å². The van der Waals surface area contributed by atoms with Crippen molar-refractivity contribution < 1.29 is 14.3 Å². The smallest absolute Gasteiger partial charge is 0.338 e. The molecule has 0 radical (unpaired) electrons. The molecule has 0 fully saturated rings. The third-order valence-electron chi connectivity index (χ3n) is 2.38. The quantitative estimate of drug-likeness (QED) is 0.629. The molecule has 0 saturated heterocycles. The number of anilines is 1. The molecule has 0 saturated carbocycles. The van der Waals surface area contributed by atoms with Gasteiger partial charge in [0, 0.05) is 12.3 Å². The second-order valence-electron chi connectivity index (χ2n) is 3.95. The van der Waals surface area contributed by atoms with Crippen molar-refractivity contribution in [2.75, 3.05) is 18.9 Å². The standard InChI is InChI=1S/C13H19NO3/c1-4-16-8-10(3)17-13(15)11-6-5-9(2)12(14)7-11/h5-7,10H,4,8,14H2,1-3H3. The first-order chi connectivity index (χ1) is 8.04. The third-order valence-corrected chi connectivity index (χ3v) is 2.38. The molecule has 1 aromatic rings. The van der Waals surface area contributed by atoms with Gasteiger partial charge in [-0.3, -0.25) is 0 Å². The van der Waals surface area contributed by atoms with Crippen LogP contribution in [0.25, 0.3) is 0 Å². The van der Waals surface area contributed by atoms with E-state index in [4.69, 9.17) is 15.2 Å². The van der Waals surface area contributed by atoms with E-state index in [1.165, 1.54) is 0 Å². The zero-order valence-electron chi connectivity index (χ0n) is 10.5. The van der Waals surface area contributed by atoms with Crippen molar-refractivity contribution in [3.8, 4) is 0 Å². The second-order valence-corrected chi connectivity index (χ2v) is 3.95. The summed E-state index contributed by atoms with van der Waals surface area (Å²) in [7, 11) is 0. The fourth-order valence-corrected chi connectivity index (χ4v) is 1.34. The van der Waals surface area contributed by atoms with Crippen molar-refractivity contribution in [2.24, 2.45) is 0 Å². The number of hydrogen-bond donors (Lipinski definition) is 1. The average molecular weight is 237 g/mol. The van der Waals surface area contributed by atoms with Gasteiger partial charge in [-0.05, 0) is 38.5 Å². The SMILES string of the molecule is CCOCC(C)OC(=O)c1ccc(C)c(N)c1. The topological polar surface area (TPSA) is 61.5 Å². The van der Waals surface area contributed by atoms with Crippen LogP contribution in [0.5, 0.6) is 0 Å². The van der Waals surface area contributed by atoms with Crippen molar-refractivity contribution >= 4 is 11.7 Å². The molecule has 0 spiro atoms. The number of carbonyl (C=O) groups is 1. The van der Waals surface area contributed by atoms with Crippen molar-refractivity contribution in [1.82, 2.24) is 0 Å². The predicted molar refractivity (Wildman–Crippen MR) is 67.0 cm³/mol. The van der Waals surface area contributed by atoms with Gasteiger partial charge in [-0.25, -0.2) is 4.79 Å². The van der Waals surface area contributed by atoms with E-state index in [1.54, 1.807) is 25.1 Å². The molecule has 0 aromatic heterocycles. The number of aryl methyl sites for hydroxylation is 1. The highest BCUT2D eigenvalue weighted by Crippen LogP contribution is 2.14. The highest BCUT2D eigenvalue weighted by Gasteiger charge is 2.12. The Bertz CT molecular complexity index is 390. The molecule has 4 heteroatoms. The normalized spacial score (nSPS) is 12.2. The van der Waals surface area contributed by atoms with E-state index in [0.29, 0.717) is 24.5 Å². The first kappa shape index (κ1) is 13.5. The number of hydrogen-bond acceptors (Lipinski definition) is 4. The average Bonchev–Trinajstić information content (AvgIpc) is 2.30. The van der Waals surface area contributed by atoms with E-state index in [-0.39, 0.29) is 12.1 Å². The first-order valence-corrected chi connectivity index (χ1v) is 5.69. The summed E-state index contributed by atoms with van der Waals surface area (Å²) < 4.78 is 10.4. The molecule has 0 amide bonds. The molecule has 0 bridgehead atoms. The molecule has 0 aliphatic carbocycles. The van der Waals surface area contributed by atoms with E-state index in [0.717, 1.165) is 5.56 Å². The molecule has 1 aromatic carbocycles. The fraction of sp³-hybridized carbons (Fsp3) is 0.462. The van der Waals surface area contributed by atoms with E-state index in [9.17, 15) is 4.79 Å². The van der Waals surface area contributed by atoms with Crippen LogP contribution in [0, 0.1) is 6.92 Å². The van der Waals surface area contributed by atoms with E-state index < -0.39 is 0 Å². The first-order valence-electron chi connectivity index (χ1n) is 5.69. The van der Waals surface area contributed by atoms with Crippen LogP contribution in [0.4, 0.5) is 5.69 Å². The number of carbonyl (C=O) groups excluding carboxylic acids is 1. The van der Waals surface area contributed by atoms with E-state index in [1.807, 2.05) is 13.8 Å². The predicted octanol–water partition coefficient (Wildman–Crippen LogP) is 2.16. The summed E-state index contributed by atoms with van der Waals surface area (Å²) in [6.07, 6.45) is -0.259. The van der Waals surface area contributed by atoms with E-state index in [2.05, 4.69) is 0 Å². The summed E-state index contributed by atoms with van der Waals surface area (Å²) in [5.74, 6) is -0.371. The molecule has 1 unspecified atom stereocenters. The number of rotatable bonds is 5. The molecular weight excluding hydrogens is 218 g/mol. The van der Waals surface area contributed by atoms with Gasteiger partial charge in [0.15, 0.2) is 0 Å². The van der Waals surface area contributed by atoms with Gasteiger partial charge in [-0.1, -0.05) is 6.07 Å². The summed E-state index contributed by atoms with van der Waals surface area (Å²) in [5.41, 5.74) is 7.75. The van der Waals surface area contributed by atoms with Crippen molar-refractivity contribution in [3.63, 3.8) is 0 Å². The monoisotopic (exact) mass is 237 g/mol. The number of nitrogens with two attached hydrogens (primary N) is 1. The second kappa shape index (κ2) is 6.25. The number of esters is 1.